The molecule has 2 unspecified atom stereocenters. The van der Waals surface area contributed by atoms with Crippen LogP contribution in [0, 0.1) is 5.82 Å². The lowest BCUT2D eigenvalue weighted by Gasteiger charge is -2.40. The molecule has 0 spiro atoms. The molecule has 3 atom stereocenters. The molecule has 41 heavy (non-hydrogen) atoms. The molecule has 3 aliphatic heterocycles. The number of benzene rings is 2. The maximum atomic E-state index is 16.5. The number of pyridine rings is 1. The Morgan fingerprint density at radius 2 is 1.88 bits per heavy atom. The number of likely N-dealkylation sites (tertiary alicyclic amines) is 1. The molecule has 2 aromatic carbocycles. The van der Waals surface area contributed by atoms with Gasteiger partial charge in [-0.25, -0.2) is 9.18 Å². The van der Waals surface area contributed by atoms with Crippen LogP contribution < -0.4 is 9.64 Å². The molecule has 3 fully saturated rings. The molecule has 5 heterocycles. The maximum absolute atomic E-state index is 16.5. The number of likely N-dealkylation sites (N-methyl/N-ethyl adjacent to an activating group) is 1. The van der Waals surface area contributed by atoms with Crippen molar-refractivity contribution in [2.45, 2.75) is 43.8 Å². The van der Waals surface area contributed by atoms with Crippen LogP contribution in [-0.4, -0.2) is 92.5 Å². The fourth-order valence-electron chi connectivity index (χ4n) is 6.75. The summed E-state index contributed by atoms with van der Waals surface area (Å²) in [5.41, 5.74) is 0.616. The van der Waals surface area contributed by atoms with E-state index in [0.717, 1.165) is 43.0 Å². The number of hydrogen-bond acceptors (Lipinski definition) is 8. The molecule has 212 valence electrons. The minimum atomic E-state index is -0.912. The number of hydrogen-bond donors (Lipinski definition) is 2. The van der Waals surface area contributed by atoms with Crippen molar-refractivity contribution in [1.82, 2.24) is 24.8 Å². The lowest BCUT2D eigenvalue weighted by atomic mass is 10.00. The van der Waals surface area contributed by atoms with Gasteiger partial charge >= 0.3 is 12.1 Å². The number of aromatic nitrogens is 3. The van der Waals surface area contributed by atoms with Gasteiger partial charge in [0.15, 0.2) is 5.82 Å². The van der Waals surface area contributed by atoms with E-state index in [4.69, 9.17) is 9.72 Å². The SMILES string of the molecule is CN1CCCC1COc1nc(N2CC3CC[C@@H](C2)N3C(=O)O)c2cnc(-c3cc(O)cc4ccccc34)c(F)c2n1. The number of piperazine rings is 1. The Hall–Kier alpha value is -4.25. The van der Waals surface area contributed by atoms with E-state index in [2.05, 4.69) is 21.9 Å². The van der Waals surface area contributed by atoms with Gasteiger partial charge in [0.05, 0.1) is 17.5 Å². The van der Waals surface area contributed by atoms with Crippen molar-refractivity contribution in [2.24, 2.45) is 0 Å². The molecule has 2 bridgehead atoms. The predicted molar refractivity (Wildman–Crippen MR) is 152 cm³/mol. The number of phenolic OH excluding ortho intramolecular Hbond substituents is 1. The van der Waals surface area contributed by atoms with Gasteiger partial charge in [-0.3, -0.25) is 9.88 Å². The minimum absolute atomic E-state index is 0.0138. The molecule has 11 heteroatoms. The van der Waals surface area contributed by atoms with E-state index in [1.807, 2.05) is 29.2 Å². The highest BCUT2D eigenvalue weighted by atomic mass is 19.1. The van der Waals surface area contributed by atoms with Crippen LogP contribution in [0.1, 0.15) is 25.7 Å². The molecule has 0 radical (unpaired) electrons. The van der Waals surface area contributed by atoms with Crippen LogP contribution in [-0.2, 0) is 0 Å². The first kappa shape index (κ1) is 25.7. The summed E-state index contributed by atoms with van der Waals surface area (Å²) in [6.07, 6.45) is 4.30. The van der Waals surface area contributed by atoms with Gasteiger partial charge < -0.3 is 24.7 Å². The van der Waals surface area contributed by atoms with Gasteiger partial charge in [0.2, 0.25) is 0 Å². The van der Waals surface area contributed by atoms with Crippen molar-refractivity contribution in [1.29, 1.82) is 0 Å². The van der Waals surface area contributed by atoms with Gasteiger partial charge in [0, 0.05) is 30.9 Å². The molecule has 10 nitrogen and oxygen atoms in total. The second-order valence-corrected chi connectivity index (χ2v) is 11.3. The van der Waals surface area contributed by atoms with Crippen LogP contribution in [0.25, 0.3) is 32.9 Å². The van der Waals surface area contributed by atoms with E-state index in [-0.39, 0.29) is 41.1 Å². The van der Waals surface area contributed by atoms with Crippen molar-refractivity contribution in [3.63, 3.8) is 0 Å². The second-order valence-electron chi connectivity index (χ2n) is 11.3. The Morgan fingerprint density at radius 3 is 2.61 bits per heavy atom. The van der Waals surface area contributed by atoms with Crippen LogP contribution in [0.4, 0.5) is 15.0 Å². The number of aromatic hydroxyl groups is 1. The van der Waals surface area contributed by atoms with E-state index in [0.29, 0.717) is 36.5 Å². The zero-order chi connectivity index (χ0) is 28.2. The highest BCUT2D eigenvalue weighted by Gasteiger charge is 2.43. The number of anilines is 1. The highest BCUT2D eigenvalue weighted by Crippen LogP contribution is 2.39. The van der Waals surface area contributed by atoms with Crippen LogP contribution in [0.3, 0.4) is 0 Å². The van der Waals surface area contributed by atoms with E-state index in [9.17, 15) is 15.0 Å². The molecular formula is C30H31FN6O4. The van der Waals surface area contributed by atoms with E-state index in [1.54, 1.807) is 12.3 Å². The van der Waals surface area contributed by atoms with Crippen LogP contribution in [0.2, 0.25) is 0 Å². The average Bonchev–Trinajstić information content (AvgIpc) is 3.50. The van der Waals surface area contributed by atoms with Gasteiger partial charge in [-0.15, -0.1) is 0 Å². The number of fused-ring (bicyclic) bond motifs is 4. The van der Waals surface area contributed by atoms with Crippen LogP contribution in [0.5, 0.6) is 11.8 Å². The molecular weight excluding hydrogens is 527 g/mol. The molecule has 3 aliphatic rings. The topological polar surface area (TPSA) is 115 Å². The minimum Gasteiger partial charge on any atom is -0.508 e. The molecule has 2 aromatic heterocycles. The number of nitrogens with zero attached hydrogens (tertiary/aromatic N) is 6. The van der Waals surface area contributed by atoms with Gasteiger partial charge in [0.25, 0.3) is 0 Å². The third kappa shape index (κ3) is 4.44. The number of rotatable bonds is 5. The van der Waals surface area contributed by atoms with Crippen LogP contribution >= 0.6 is 0 Å². The van der Waals surface area contributed by atoms with Crippen molar-refractivity contribution in [3.8, 4) is 23.0 Å². The Morgan fingerprint density at radius 1 is 1.10 bits per heavy atom. The number of carboxylic acid groups (broad SMARTS) is 1. The Balaban J connectivity index is 1.34. The molecule has 2 N–H and O–H groups in total. The summed E-state index contributed by atoms with van der Waals surface area (Å²) in [7, 11) is 2.06. The summed E-state index contributed by atoms with van der Waals surface area (Å²) in [6.45, 7) is 2.27. The summed E-state index contributed by atoms with van der Waals surface area (Å²) in [5.74, 6) is -0.123. The summed E-state index contributed by atoms with van der Waals surface area (Å²) in [6, 6.07) is 10.6. The zero-order valence-electron chi connectivity index (χ0n) is 22.7. The Bertz CT molecular complexity index is 1650. The van der Waals surface area contributed by atoms with E-state index in [1.165, 1.54) is 11.0 Å². The number of amides is 1. The summed E-state index contributed by atoms with van der Waals surface area (Å²) in [4.78, 5) is 31.5. The Kier molecular flexibility index (Phi) is 6.26. The van der Waals surface area contributed by atoms with Crippen LogP contribution in [0.15, 0.2) is 42.6 Å². The molecule has 3 saturated heterocycles. The normalized spacial score (nSPS) is 22.6. The highest BCUT2D eigenvalue weighted by molar-refractivity contribution is 6.00. The number of carbonyl (C=O) groups is 1. The zero-order valence-corrected chi connectivity index (χ0v) is 22.7. The molecule has 0 saturated carbocycles. The lowest BCUT2D eigenvalue weighted by Crippen LogP contribution is -2.55. The maximum Gasteiger partial charge on any atom is 0.407 e. The van der Waals surface area contributed by atoms with Crippen molar-refractivity contribution in [3.05, 3.63) is 48.4 Å². The lowest BCUT2D eigenvalue weighted by molar-refractivity contribution is 0.114. The monoisotopic (exact) mass is 558 g/mol. The van der Waals surface area contributed by atoms with E-state index < -0.39 is 11.9 Å². The fraction of sp³-hybridized carbons (Fsp3) is 0.400. The van der Waals surface area contributed by atoms with Crippen molar-refractivity contribution in [2.75, 3.05) is 38.2 Å². The summed E-state index contributed by atoms with van der Waals surface area (Å²) < 4.78 is 22.6. The molecule has 7 rings (SSSR count). The first-order chi connectivity index (χ1) is 19.9. The van der Waals surface area contributed by atoms with Gasteiger partial charge in [-0.2, -0.15) is 9.97 Å². The average molecular weight is 559 g/mol. The first-order valence-electron chi connectivity index (χ1n) is 14.0. The molecule has 1 amide bonds. The largest absolute Gasteiger partial charge is 0.508 e. The molecule has 0 aliphatic carbocycles. The standard InChI is InChI=1S/C30H31FN6O4/c1-35-10-4-6-20(35)16-41-29-33-27-24(28(34-29)36-14-18-8-9-19(15-36)37(18)30(39)40)13-32-26(25(27)31)23-12-21(38)11-17-5-2-3-7-22(17)23/h2-3,5,7,11-13,18-20,38H,4,6,8-10,14-16H2,1H3,(H,39,40)/t18-,19?,20?/m0/s1. The smallest absolute Gasteiger partial charge is 0.407 e. The van der Waals surface area contributed by atoms with Crippen molar-refractivity contribution >= 4 is 33.6 Å². The molecule has 4 aromatic rings. The van der Waals surface area contributed by atoms with Gasteiger partial charge in [-0.05, 0) is 62.2 Å². The Labute approximate surface area is 236 Å². The number of halogens is 1. The number of phenols is 1. The summed E-state index contributed by atoms with van der Waals surface area (Å²) >= 11 is 0. The van der Waals surface area contributed by atoms with Gasteiger partial charge in [0.1, 0.15) is 29.4 Å². The second kappa shape index (κ2) is 9.99. The third-order valence-electron chi connectivity index (χ3n) is 8.82. The first-order valence-corrected chi connectivity index (χ1v) is 14.0. The predicted octanol–water partition coefficient (Wildman–Crippen LogP) is 4.49. The van der Waals surface area contributed by atoms with Crippen molar-refractivity contribution < 1.29 is 24.1 Å². The number of ether oxygens (including phenoxy) is 1. The summed E-state index contributed by atoms with van der Waals surface area (Å²) in [5, 5.41) is 22.1. The quantitative estimate of drug-likeness (QED) is 0.366. The third-order valence-corrected chi connectivity index (χ3v) is 8.82. The van der Waals surface area contributed by atoms with Gasteiger partial charge in [-0.1, -0.05) is 24.3 Å². The fourth-order valence-corrected chi connectivity index (χ4v) is 6.75. The van der Waals surface area contributed by atoms with E-state index >= 15 is 4.39 Å².